The van der Waals surface area contributed by atoms with Gasteiger partial charge < -0.3 is 19.4 Å². The van der Waals surface area contributed by atoms with Gasteiger partial charge in [0, 0.05) is 17.8 Å². The van der Waals surface area contributed by atoms with Gasteiger partial charge in [-0.25, -0.2) is 4.21 Å². The Morgan fingerprint density at radius 1 is 1.52 bits per heavy atom. The molecule has 0 radical (unpaired) electrons. The number of hydrogen-bond acceptors (Lipinski definition) is 5. The van der Waals surface area contributed by atoms with E-state index in [4.69, 9.17) is 17.3 Å². The smallest absolute Gasteiger partial charge is 0.0842 e. The second-order valence-electron chi connectivity index (χ2n) is 5.85. The van der Waals surface area contributed by atoms with Gasteiger partial charge in [0.2, 0.25) is 0 Å². The first kappa shape index (κ1) is 16.5. The molecular formula is C14H20ClN2O3S-. The minimum Gasteiger partial charge on any atom is -0.750 e. The number of rotatable bonds is 5. The molecule has 1 aromatic rings. The summed E-state index contributed by atoms with van der Waals surface area (Å²) in [5.41, 5.74) is 8.72. The maximum absolute atomic E-state index is 10.4. The van der Waals surface area contributed by atoms with Crippen molar-refractivity contribution in [2.45, 2.75) is 38.6 Å². The average Bonchev–Trinajstić information content (AvgIpc) is 2.38. The van der Waals surface area contributed by atoms with Crippen molar-refractivity contribution in [2.24, 2.45) is 0 Å². The van der Waals surface area contributed by atoms with Gasteiger partial charge in [0.25, 0.3) is 0 Å². The molecule has 2 N–H and O–H groups in total. The third kappa shape index (κ3) is 3.88. The molecule has 0 bridgehead atoms. The Morgan fingerprint density at radius 2 is 2.24 bits per heavy atom. The topological polar surface area (TPSA) is 78.6 Å². The van der Waals surface area contributed by atoms with Crippen LogP contribution in [-0.4, -0.2) is 27.5 Å². The molecule has 2 rings (SSSR count). The van der Waals surface area contributed by atoms with Crippen LogP contribution in [0.4, 0.5) is 11.4 Å². The normalized spacial score (nSPS) is 18.4. The molecule has 1 unspecified atom stereocenters. The number of halogens is 1. The van der Waals surface area contributed by atoms with Crippen molar-refractivity contribution in [2.75, 3.05) is 23.8 Å². The lowest BCUT2D eigenvalue weighted by atomic mass is 9.86. The summed E-state index contributed by atoms with van der Waals surface area (Å²) in [6.45, 7) is 5.23. The van der Waals surface area contributed by atoms with E-state index in [1.165, 1.54) is 5.56 Å². The molecule has 1 heterocycles. The second-order valence-corrected chi connectivity index (χ2v) is 6.90. The lowest BCUT2D eigenvalue weighted by Gasteiger charge is -2.45. The number of anilines is 2. The molecule has 0 saturated heterocycles. The van der Waals surface area contributed by atoms with Crippen LogP contribution < -0.4 is 10.6 Å². The molecule has 1 atom stereocenters. The lowest BCUT2D eigenvalue weighted by Crippen LogP contribution is -2.48. The SMILES string of the molecule is CC1(C)CCc2cc(N)c(Cl)cc2N1CCCOS(=O)[O-]. The van der Waals surface area contributed by atoms with Crippen LogP contribution >= 0.6 is 11.6 Å². The van der Waals surface area contributed by atoms with E-state index < -0.39 is 11.4 Å². The summed E-state index contributed by atoms with van der Waals surface area (Å²) in [5, 5.41) is 0.549. The minimum absolute atomic E-state index is 0.0109. The maximum atomic E-state index is 10.4. The molecule has 1 aromatic carbocycles. The highest BCUT2D eigenvalue weighted by atomic mass is 35.5. The number of nitrogens with two attached hydrogens (primary N) is 1. The van der Waals surface area contributed by atoms with Crippen molar-refractivity contribution >= 4 is 34.3 Å². The van der Waals surface area contributed by atoms with Crippen LogP contribution in [0.15, 0.2) is 12.1 Å². The Balaban J connectivity index is 2.18. The fraction of sp³-hybridized carbons (Fsp3) is 0.571. The largest absolute Gasteiger partial charge is 0.750 e. The van der Waals surface area contributed by atoms with E-state index in [9.17, 15) is 8.76 Å². The summed E-state index contributed by atoms with van der Waals surface area (Å²) in [5.74, 6) is 0. The number of aryl methyl sites for hydroxylation is 1. The van der Waals surface area contributed by atoms with Crippen molar-refractivity contribution in [3.05, 3.63) is 22.7 Å². The van der Waals surface area contributed by atoms with Gasteiger partial charge in [-0.15, -0.1) is 0 Å². The van der Waals surface area contributed by atoms with Crippen molar-refractivity contribution in [3.63, 3.8) is 0 Å². The summed E-state index contributed by atoms with van der Waals surface area (Å²) in [6.07, 6.45) is 2.59. The summed E-state index contributed by atoms with van der Waals surface area (Å²) in [7, 11) is 0. The zero-order valence-corrected chi connectivity index (χ0v) is 13.8. The summed E-state index contributed by atoms with van der Waals surface area (Å²) in [4.78, 5) is 2.26. The predicted molar refractivity (Wildman–Crippen MR) is 85.1 cm³/mol. The Morgan fingerprint density at radius 3 is 2.90 bits per heavy atom. The van der Waals surface area contributed by atoms with Crippen LogP contribution in [0.2, 0.25) is 5.02 Å². The van der Waals surface area contributed by atoms with Gasteiger partial charge in [0.15, 0.2) is 0 Å². The highest BCUT2D eigenvalue weighted by Gasteiger charge is 2.32. The van der Waals surface area contributed by atoms with E-state index in [-0.39, 0.29) is 12.1 Å². The van der Waals surface area contributed by atoms with E-state index >= 15 is 0 Å². The first-order valence-electron chi connectivity index (χ1n) is 6.89. The van der Waals surface area contributed by atoms with Gasteiger partial charge in [-0.1, -0.05) is 11.6 Å². The predicted octanol–water partition coefficient (Wildman–Crippen LogP) is 2.65. The van der Waals surface area contributed by atoms with Crippen molar-refractivity contribution in [1.29, 1.82) is 0 Å². The summed E-state index contributed by atoms with van der Waals surface area (Å²) in [6, 6.07) is 3.84. The van der Waals surface area contributed by atoms with Crippen LogP contribution in [-0.2, 0) is 22.0 Å². The first-order chi connectivity index (χ1) is 9.81. The fourth-order valence-electron chi connectivity index (χ4n) is 2.75. The minimum atomic E-state index is -2.45. The van der Waals surface area contributed by atoms with Gasteiger partial charge in [0.05, 0.1) is 28.7 Å². The molecule has 0 fully saturated rings. The van der Waals surface area contributed by atoms with E-state index in [0.29, 0.717) is 23.7 Å². The van der Waals surface area contributed by atoms with Crippen LogP contribution in [0.3, 0.4) is 0 Å². The van der Waals surface area contributed by atoms with E-state index in [0.717, 1.165) is 18.5 Å². The quantitative estimate of drug-likeness (QED) is 0.510. The Hall–Kier alpha value is -0.820. The summed E-state index contributed by atoms with van der Waals surface area (Å²) < 4.78 is 25.4. The van der Waals surface area contributed by atoms with Crippen LogP contribution in [0.5, 0.6) is 0 Å². The monoisotopic (exact) mass is 331 g/mol. The molecule has 5 nitrogen and oxygen atoms in total. The van der Waals surface area contributed by atoms with Crippen molar-refractivity contribution in [1.82, 2.24) is 0 Å². The van der Waals surface area contributed by atoms with Gasteiger partial charge in [0.1, 0.15) is 0 Å². The third-order valence-electron chi connectivity index (χ3n) is 3.93. The molecule has 0 saturated carbocycles. The Bertz CT molecular complexity index is 551. The van der Waals surface area contributed by atoms with Crippen LogP contribution in [0.25, 0.3) is 0 Å². The zero-order chi connectivity index (χ0) is 15.6. The van der Waals surface area contributed by atoms with Crippen molar-refractivity contribution in [3.8, 4) is 0 Å². The van der Waals surface area contributed by atoms with Gasteiger partial charge >= 0.3 is 0 Å². The maximum Gasteiger partial charge on any atom is 0.0842 e. The Labute approximate surface area is 132 Å². The molecular weight excluding hydrogens is 312 g/mol. The van der Waals surface area contributed by atoms with Gasteiger partial charge in [-0.05, 0) is 50.8 Å². The molecule has 118 valence electrons. The number of hydrogen-bond donors (Lipinski definition) is 1. The van der Waals surface area contributed by atoms with Crippen molar-refractivity contribution < 1.29 is 12.9 Å². The number of fused-ring (bicyclic) bond motifs is 1. The highest BCUT2D eigenvalue weighted by Crippen LogP contribution is 2.40. The second kappa shape index (κ2) is 6.52. The van der Waals surface area contributed by atoms with Gasteiger partial charge in [-0.3, -0.25) is 0 Å². The fourth-order valence-corrected chi connectivity index (χ4v) is 3.16. The molecule has 1 aliphatic heterocycles. The van der Waals surface area contributed by atoms with E-state index in [1.54, 1.807) is 0 Å². The number of nitrogen functional groups attached to an aromatic ring is 1. The molecule has 0 aromatic heterocycles. The first-order valence-corrected chi connectivity index (χ1v) is 8.27. The Kier molecular flexibility index (Phi) is 5.14. The number of benzene rings is 1. The number of nitrogens with zero attached hydrogens (tertiary/aromatic N) is 1. The summed E-state index contributed by atoms with van der Waals surface area (Å²) >= 11 is 3.70. The van der Waals surface area contributed by atoms with Crippen LogP contribution in [0.1, 0.15) is 32.3 Å². The van der Waals surface area contributed by atoms with Gasteiger partial charge in [-0.2, -0.15) is 0 Å². The third-order valence-corrected chi connectivity index (χ3v) is 4.62. The van der Waals surface area contributed by atoms with E-state index in [1.807, 2.05) is 12.1 Å². The zero-order valence-electron chi connectivity index (χ0n) is 12.2. The highest BCUT2D eigenvalue weighted by molar-refractivity contribution is 7.74. The average molecular weight is 332 g/mol. The molecule has 21 heavy (non-hydrogen) atoms. The molecule has 0 amide bonds. The molecule has 0 spiro atoms. The molecule has 7 heteroatoms. The standard InChI is InChI=1S/C14H21ClN2O3S/c1-14(2)5-4-10-8-12(16)11(15)9-13(10)17(14)6-3-7-20-21(18)19/h8-9H,3-7,16H2,1-2H3,(H,18,19)/p-1. The lowest BCUT2D eigenvalue weighted by molar-refractivity contribution is 0.290. The van der Waals surface area contributed by atoms with Crippen LogP contribution in [0, 0.1) is 0 Å². The van der Waals surface area contributed by atoms with E-state index in [2.05, 4.69) is 22.9 Å². The molecule has 1 aliphatic rings. The molecule has 0 aliphatic carbocycles.